The highest BCUT2D eigenvalue weighted by Gasteiger charge is 2.37. The van der Waals surface area contributed by atoms with E-state index in [4.69, 9.17) is 0 Å². The van der Waals surface area contributed by atoms with Crippen LogP contribution in [0.5, 0.6) is 0 Å². The molecule has 126 valence electrons. The molecule has 3 heteroatoms. The van der Waals surface area contributed by atoms with E-state index in [0.717, 1.165) is 12.8 Å². The van der Waals surface area contributed by atoms with Gasteiger partial charge >= 0.3 is 0 Å². The Morgan fingerprint density at radius 2 is 1.74 bits per heavy atom. The molecule has 2 aliphatic heterocycles. The van der Waals surface area contributed by atoms with E-state index in [1.807, 2.05) is 11.9 Å². The van der Waals surface area contributed by atoms with Gasteiger partial charge in [-0.1, -0.05) is 43.7 Å². The number of rotatable bonds is 4. The molecule has 2 fully saturated rings. The van der Waals surface area contributed by atoms with Crippen molar-refractivity contribution in [2.24, 2.45) is 0 Å². The van der Waals surface area contributed by atoms with E-state index in [9.17, 15) is 4.79 Å². The molecule has 0 aliphatic carbocycles. The summed E-state index contributed by atoms with van der Waals surface area (Å²) in [7, 11) is 2.00. The lowest BCUT2D eigenvalue weighted by Gasteiger charge is -2.37. The first-order valence-corrected chi connectivity index (χ1v) is 8.94. The lowest BCUT2D eigenvalue weighted by Crippen LogP contribution is -2.49. The number of hydrogen-bond donors (Lipinski definition) is 1. The van der Waals surface area contributed by atoms with Gasteiger partial charge < -0.3 is 10.2 Å². The normalized spacial score (nSPS) is 27.0. The summed E-state index contributed by atoms with van der Waals surface area (Å²) in [6.07, 6.45) is 5.36. The predicted octanol–water partition coefficient (Wildman–Crippen LogP) is 3.40. The third-order valence-corrected chi connectivity index (χ3v) is 5.82. The molecule has 1 amide bonds. The maximum Gasteiger partial charge on any atom is 0.223 e. The fourth-order valence-electron chi connectivity index (χ4n) is 4.16. The van der Waals surface area contributed by atoms with Gasteiger partial charge in [0.15, 0.2) is 0 Å². The van der Waals surface area contributed by atoms with Crippen molar-refractivity contribution in [3.63, 3.8) is 0 Å². The van der Waals surface area contributed by atoms with Crippen LogP contribution in [0.25, 0.3) is 0 Å². The predicted molar refractivity (Wildman–Crippen MR) is 94.6 cm³/mol. The minimum Gasteiger partial charge on any atom is -0.343 e. The Kier molecular flexibility index (Phi) is 4.50. The summed E-state index contributed by atoms with van der Waals surface area (Å²) in [4.78, 5) is 14.9. The largest absolute Gasteiger partial charge is 0.343 e. The van der Waals surface area contributed by atoms with Crippen LogP contribution in [0.2, 0.25) is 0 Å². The number of hydrogen-bond acceptors (Lipinski definition) is 2. The third kappa shape index (κ3) is 3.60. The van der Waals surface area contributed by atoms with Gasteiger partial charge in [0.2, 0.25) is 5.91 Å². The van der Waals surface area contributed by atoms with Crippen LogP contribution in [-0.2, 0) is 10.2 Å². The monoisotopic (exact) mass is 314 g/mol. The molecule has 2 unspecified atom stereocenters. The number of nitrogens with one attached hydrogen (secondary N) is 1. The molecular weight excluding hydrogens is 284 g/mol. The molecule has 0 saturated carbocycles. The average molecular weight is 314 g/mol. The number of benzene rings is 1. The Balaban J connectivity index is 1.64. The molecule has 3 rings (SSSR count). The fraction of sp³-hybridized carbons (Fsp3) is 0.650. The molecule has 2 bridgehead atoms. The Labute approximate surface area is 140 Å². The van der Waals surface area contributed by atoms with Crippen LogP contribution in [-0.4, -0.2) is 36.0 Å². The average Bonchev–Trinajstić information content (AvgIpc) is 2.84. The number of nitrogens with zero attached hydrogens (tertiary/aromatic N) is 1. The Morgan fingerprint density at radius 3 is 2.30 bits per heavy atom. The van der Waals surface area contributed by atoms with Crippen molar-refractivity contribution in [2.45, 2.75) is 76.4 Å². The number of carbonyl (C=O) groups excluding carboxylic acids is 1. The number of aryl methyl sites for hydroxylation is 1. The first-order valence-electron chi connectivity index (χ1n) is 8.94. The fourth-order valence-corrected chi connectivity index (χ4v) is 4.16. The molecule has 2 saturated heterocycles. The zero-order valence-electron chi connectivity index (χ0n) is 14.9. The lowest BCUT2D eigenvalue weighted by atomic mass is 9.80. The van der Waals surface area contributed by atoms with Gasteiger partial charge in [-0.25, -0.2) is 0 Å². The number of amides is 1. The molecule has 2 atom stereocenters. The summed E-state index contributed by atoms with van der Waals surface area (Å²) in [5.74, 6) is 0.280. The highest BCUT2D eigenvalue weighted by Crippen LogP contribution is 2.32. The van der Waals surface area contributed by atoms with Gasteiger partial charge in [-0.2, -0.15) is 0 Å². The summed E-state index contributed by atoms with van der Waals surface area (Å²) in [6.45, 7) is 6.45. The first kappa shape index (κ1) is 16.5. The summed E-state index contributed by atoms with van der Waals surface area (Å²) < 4.78 is 0. The van der Waals surface area contributed by atoms with E-state index in [1.54, 1.807) is 0 Å². The van der Waals surface area contributed by atoms with Gasteiger partial charge in [0.25, 0.3) is 0 Å². The topological polar surface area (TPSA) is 32.3 Å². The third-order valence-electron chi connectivity index (χ3n) is 5.82. The molecule has 2 aliphatic rings. The minimum atomic E-state index is -0.120. The highest BCUT2D eigenvalue weighted by atomic mass is 16.2. The lowest BCUT2D eigenvalue weighted by molar-refractivity contribution is -0.133. The second-order valence-corrected chi connectivity index (χ2v) is 8.19. The number of fused-ring (bicyclic) bond motifs is 2. The summed E-state index contributed by atoms with van der Waals surface area (Å²) >= 11 is 0. The van der Waals surface area contributed by atoms with E-state index in [0.29, 0.717) is 24.5 Å². The Morgan fingerprint density at radius 1 is 1.17 bits per heavy atom. The smallest absolute Gasteiger partial charge is 0.223 e. The molecule has 3 nitrogen and oxygen atoms in total. The van der Waals surface area contributed by atoms with Crippen LogP contribution in [0.15, 0.2) is 24.3 Å². The molecule has 0 radical (unpaired) electrons. The van der Waals surface area contributed by atoms with Crippen LogP contribution >= 0.6 is 0 Å². The summed E-state index contributed by atoms with van der Waals surface area (Å²) in [5.41, 5.74) is 2.39. The molecule has 0 aromatic heterocycles. The quantitative estimate of drug-likeness (QED) is 0.924. The van der Waals surface area contributed by atoms with E-state index in [2.05, 4.69) is 50.4 Å². The van der Waals surface area contributed by atoms with Gasteiger partial charge in [0.1, 0.15) is 0 Å². The zero-order chi connectivity index (χ0) is 16.6. The van der Waals surface area contributed by atoms with Crippen molar-refractivity contribution in [1.82, 2.24) is 10.2 Å². The molecule has 1 aromatic rings. The van der Waals surface area contributed by atoms with Gasteiger partial charge in [0, 0.05) is 31.6 Å². The van der Waals surface area contributed by atoms with Crippen molar-refractivity contribution < 1.29 is 4.79 Å². The van der Waals surface area contributed by atoms with E-state index in [1.165, 1.54) is 24.0 Å². The molecule has 1 N–H and O–H groups in total. The first-order chi connectivity index (χ1) is 10.8. The SMILES string of the molecule is Cc1ccc(C(C)(C)CC(=O)N(C)C2CC3CCC(C2)N3)cc1. The highest BCUT2D eigenvalue weighted by molar-refractivity contribution is 5.77. The van der Waals surface area contributed by atoms with Crippen molar-refractivity contribution in [3.05, 3.63) is 35.4 Å². The molecular formula is C20H30N2O. The second-order valence-electron chi connectivity index (χ2n) is 8.19. The molecule has 2 heterocycles. The Hall–Kier alpha value is -1.35. The van der Waals surface area contributed by atoms with Gasteiger partial charge in [-0.05, 0) is 43.6 Å². The van der Waals surface area contributed by atoms with Crippen molar-refractivity contribution in [1.29, 1.82) is 0 Å². The van der Waals surface area contributed by atoms with Crippen molar-refractivity contribution in [2.75, 3.05) is 7.05 Å². The molecule has 0 spiro atoms. The van der Waals surface area contributed by atoms with Crippen LogP contribution in [0.4, 0.5) is 0 Å². The van der Waals surface area contributed by atoms with Gasteiger partial charge in [-0.3, -0.25) is 4.79 Å². The number of piperidine rings is 1. The van der Waals surface area contributed by atoms with Gasteiger partial charge in [-0.15, -0.1) is 0 Å². The minimum absolute atomic E-state index is 0.120. The van der Waals surface area contributed by atoms with E-state index in [-0.39, 0.29) is 11.3 Å². The van der Waals surface area contributed by atoms with Crippen LogP contribution in [0, 0.1) is 6.92 Å². The maximum atomic E-state index is 12.8. The van der Waals surface area contributed by atoms with Crippen molar-refractivity contribution >= 4 is 5.91 Å². The second kappa shape index (κ2) is 6.27. The Bertz CT molecular complexity index is 552. The maximum absolute atomic E-state index is 12.8. The summed E-state index contributed by atoms with van der Waals surface area (Å²) in [6, 6.07) is 10.3. The molecule has 1 aromatic carbocycles. The van der Waals surface area contributed by atoms with Crippen LogP contribution in [0.3, 0.4) is 0 Å². The van der Waals surface area contributed by atoms with E-state index < -0.39 is 0 Å². The zero-order valence-corrected chi connectivity index (χ0v) is 14.9. The number of carbonyl (C=O) groups is 1. The molecule has 23 heavy (non-hydrogen) atoms. The van der Waals surface area contributed by atoms with Crippen LogP contribution < -0.4 is 5.32 Å². The van der Waals surface area contributed by atoms with E-state index >= 15 is 0 Å². The van der Waals surface area contributed by atoms with Crippen molar-refractivity contribution in [3.8, 4) is 0 Å². The standard InChI is InChI=1S/C20H30N2O/c1-14-5-7-15(8-6-14)20(2,3)13-19(23)22(4)18-11-16-9-10-17(12-18)21-16/h5-8,16-18,21H,9-13H2,1-4H3. The summed E-state index contributed by atoms with van der Waals surface area (Å²) in [5, 5.41) is 3.66. The van der Waals surface area contributed by atoms with Gasteiger partial charge in [0.05, 0.1) is 0 Å². The van der Waals surface area contributed by atoms with Crippen LogP contribution in [0.1, 0.15) is 57.1 Å².